The Kier molecular flexibility index (Phi) is 4.67. The molecule has 5 nitrogen and oxygen atoms in total. The highest BCUT2D eigenvalue weighted by Crippen LogP contribution is 2.05. The second-order valence-corrected chi connectivity index (χ2v) is 4.22. The largest absolute Gasteiger partial charge is 0.355 e. The van der Waals surface area contributed by atoms with Gasteiger partial charge >= 0.3 is 0 Å². The third kappa shape index (κ3) is 3.16. The van der Waals surface area contributed by atoms with Crippen LogP contribution >= 0.6 is 15.9 Å². The van der Waals surface area contributed by atoms with Crippen molar-refractivity contribution >= 4 is 21.8 Å². The number of nitrogens with zero attached hydrogens (tertiary/aromatic N) is 2. The number of carbonyl (C=O) groups excluding carboxylic acids is 1. The van der Waals surface area contributed by atoms with E-state index in [1.54, 1.807) is 6.92 Å². The quantitative estimate of drug-likeness (QED) is 0.893. The average Bonchev–Trinajstić information content (AvgIpc) is 2.27. The molecule has 0 radical (unpaired) electrons. The molecule has 1 rings (SSSR count). The lowest BCUT2D eigenvalue weighted by Crippen LogP contribution is -2.33. The number of amides is 1. The van der Waals surface area contributed by atoms with E-state index >= 15 is 0 Å². The molecule has 88 valence electrons. The molecule has 6 heteroatoms. The lowest BCUT2D eigenvalue weighted by atomic mass is 10.4. The predicted molar refractivity (Wildman–Crippen MR) is 64.2 cm³/mol. The van der Waals surface area contributed by atoms with Gasteiger partial charge in [0.05, 0.1) is 12.0 Å². The SMILES string of the molecule is CCCNC(=O)Cn1cnc(C)c(Br)c1=O. The van der Waals surface area contributed by atoms with Gasteiger partial charge in [-0.2, -0.15) is 0 Å². The zero-order valence-electron chi connectivity index (χ0n) is 9.29. The number of rotatable bonds is 4. The van der Waals surface area contributed by atoms with Gasteiger partial charge in [0.15, 0.2) is 0 Å². The van der Waals surface area contributed by atoms with Gasteiger partial charge in [0.25, 0.3) is 5.56 Å². The van der Waals surface area contributed by atoms with Crippen LogP contribution in [0.1, 0.15) is 19.0 Å². The molecule has 0 unspecified atom stereocenters. The van der Waals surface area contributed by atoms with Crippen molar-refractivity contribution in [3.63, 3.8) is 0 Å². The number of hydrogen-bond donors (Lipinski definition) is 1. The number of hydrogen-bond acceptors (Lipinski definition) is 3. The van der Waals surface area contributed by atoms with Crippen LogP contribution in [0.4, 0.5) is 0 Å². The number of aromatic nitrogens is 2. The lowest BCUT2D eigenvalue weighted by Gasteiger charge is -2.07. The average molecular weight is 288 g/mol. The number of nitrogens with one attached hydrogen (secondary N) is 1. The Labute approximate surface area is 102 Å². The number of halogens is 1. The first kappa shape index (κ1) is 12.9. The smallest absolute Gasteiger partial charge is 0.268 e. The van der Waals surface area contributed by atoms with Crippen LogP contribution in [-0.2, 0) is 11.3 Å². The van der Waals surface area contributed by atoms with E-state index in [0.29, 0.717) is 16.7 Å². The van der Waals surface area contributed by atoms with Crippen LogP contribution < -0.4 is 10.9 Å². The summed E-state index contributed by atoms with van der Waals surface area (Å²) in [6, 6.07) is 0. The first-order chi connectivity index (χ1) is 7.56. The Morgan fingerprint density at radius 3 is 2.94 bits per heavy atom. The van der Waals surface area contributed by atoms with Crippen LogP contribution in [-0.4, -0.2) is 22.0 Å². The zero-order valence-corrected chi connectivity index (χ0v) is 10.9. The van der Waals surface area contributed by atoms with Gasteiger partial charge < -0.3 is 5.32 Å². The summed E-state index contributed by atoms with van der Waals surface area (Å²) in [5, 5.41) is 2.70. The summed E-state index contributed by atoms with van der Waals surface area (Å²) in [5.74, 6) is -0.179. The minimum absolute atomic E-state index is 0.00468. The van der Waals surface area contributed by atoms with Crippen LogP contribution in [0.15, 0.2) is 15.6 Å². The first-order valence-electron chi connectivity index (χ1n) is 5.04. The molecule has 1 aromatic rings. The zero-order chi connectivity index (χ0) is 12.1. The van der Waals surface area contributed by atoms with E-state index in [4.69, 9.17) is 0 Å². The molecule has 0 spiro atoms. The number of aryl methyl sites for hydroxylation is 1. The molecular formula is C10H14BrN3O2. The molecule has 0 atom stereocenters. The maximum absolute atomic E-state index is 11.7. The summed E-state index contributed by atoms with van der Waals surface area (Å²) in [4.78, 5) is 27.1. The van der Waals surface area contributed by atoms with Gasteiger partial charge in [-0.15, -0.1) is 0 Å². The summed E-state index contributed by atoms with van der Waals surface area (Å²) < 4.78 is 1.68. The second-order valence-electron chi connectivity index (χ2n) is 3.43. The number of carbonyl (C=O) groups is 1. The molecule has 16 heavy (non-hydrogen) atoms. The van der Waals surface area contributed by atoms with E-state index in [1.165, 1.54) is 10.9 Å². The van der Waals surface area contributed by atoms with Crippen molar-refractivity contribution in [1.29, 1.82) is 0 Å². The molecule has 0 aliphatic rings. The van der Waals surface area contributed by atoms with E-state index in [0.717, 1.165) is 6.42 Å². The maximum atomic E-state index is 11.7. The molecule has 1 aromatic heterocycles. The molecule has 0 bridgehead atoms. The second kappa shape index (κ2) is 5.79. The third-order valence-electron chi connectivity index (χ3n) is 2.04. The van der Waals surface area contributed by atoms with E-state index in [9.17, 15) is 9.59 Å². The van der Waals surface area contributed by atoms with Crippen molar-refractivity contribution in [2.45, 2.75) is 26.8 Å². The first-order valence-corrected chi connectivity index (χ1v) is 5.83. The van der Waals surface area contributed by atoms with Crippen molar-refractivity contribution in [2.24, 2.45) is 0 Å². The van der Waals surface area contributed by atoms with Gasteiger partial charge in [-0.05, 0) is 29.3 Å². The summed E-state index contributed by atoms with van der Waals surface area (Å²) in [5.41, 5.74) is 0.384. The Bertz CT molecular complexity index is 442. The van der Waals surface area contributed by atoms with E-state index in [2.05, 4.69) is 26.2 Å². The van der Waals surface area contributed by atoms with Crippen molar-refractivity contribution in [2.75, 3.05) is 6.54 Å². The highest BCUT2D eigenvalue weighted by Gasteiger charge is 2.08. The fourth-order valence-corrected chi connectivity index (χ4v) is 1.46. The van der Waals surface area contributed by atoms with Gasteiger partial charge in [-0.3, -0.25) is 14.2 Å². The fraction of sp³-hybridized carbons (Fsp3) is 0.500. The minimum atomic E-state index is -0.237. The molecule has 0 aromatic carbocycles. The third-order valence-corrected chi connectivity index (χ3v) is 2.96. The molecule has 1 N–H and O–H groups in total. The molecule has 1 heterocycles. The highest BCUT2D eigenvalue weighted by molar-refractivity contribution is 9.10. The van der Waals surface area contributed by atoms with Gasteiger partial charge in [0, 0.05) is 6.54 Å². The van der Waals surface area contributed by atoms with Crippen molar-refractivity contribution in [1.82, 2.24) is 14.9 Å². The summed E-state index contributed by atoms with van der Waals surface area (Å²) in [6.45, 7) is 4.32. The Balaban J connectivity index is 2.79. The lowest BCUT2D eigenvalue weighted by molar-refractivity contribution is -0.121. The van der Waals surface area contributed by atoms with Gasteiger partial charge in [-0.25, -0.2) is 4.98 Å². The molecule has 1 amide bonds. The van der Waals surface area contributed by atoms with Crippen molar-refractivity contribution in [3.05, 3.63) is 26.8 Å². The Morgan fingerprint density at radius 1 is 1.62 bits per heavy atom. The molecule has 0 aliphatic carbocycles. The highest BCUT2D eigenvalue weighted by atomic mass is 79.9. The van der Waals surface area contributed by atoms with Crippen LogP contribution in [0.5, 0.6) is 0 Å². The predicted octanol–water partition coefficient (Wildman–Crippen LogP) is 0.840. The molecule has 0 saturated carbocycles. The van der Waals surface area contributed by atoms with Gasteiger partial charge in [-0.1, -0.05) is 6.92 Å². The minimum Gasteiger partial charge on any atom is -0.355 e. The standard InChI is InChI=1S/C10H14BrN3O2/c1-3-4-12-8(15)5-14-6-13-7(2)9(11)10(14)16/h6H,3-5H2,1-2H3,(H,12,15). The maximum Gasteiger partial charge on any atom is 0.268 e. The Morgan fingerprint density at radius 2 is 2.31 bits per heavy atom. The summed E-state index contributed by atoms with van der Waals surface area (Å²) in [7, 11) is 0. The van der Waals surface area contributed by atoms with E-state index in [-0.39, 0.29) is 18.0 Å². The van der Waals surface area contributed by atoms with Gasteiger partial charge in [0.2, 0.25) is 5.91 Å². The molecule has 0 aliphatic heterocycles. The topological polar surface area (TPSA) is 64.0 Å². The van der Waals surface area contributed by atoms with Crippen molar-refractivity contribution in [3.8, 4) is 0 Å². The summed E-state index contributed by atoms with van der Waals surface area (Å²) in [6.07, 6.45) is 2.25. The Hall–Kier alpha value is -1.17. The van der Waals surface area contributed by atoms with E-state index < -0.39 is 0 Å². The van der Waals surface area contributed by atoms with Crippen molar-refractivity contribution < 1.29 is 4.79 Å². The van der Waals surface area contributed by atoms with Gasteiger partial charge in [0.1, 0.15) is 11.0 Å². The fourth-order valence-electron chi connectivity index (χ4n) is 1.13. The van der Waals surface area contributed by atoms with E-state index in [1.807, 2.05) is 6.92 Å². The monoisotopic (exact) mass is 287 g/mol. The van der Waals surface area contributed by atoms with Crippen LogP contribution in [0, 0.1) is 6.92 Å². The normalized spacial score (nSPS) is 10.2. The molecule has 0 fully saturated rings. The van der Waals surface area contributed by atoms with Crippen LogP contribution in [0.2, 0.25) is 0 Å². The molecular weight excluding hydrogens is 274 g/mol. The van der Waals surface area contributed by atoms with Crippen LogP contribution in [0.25, 0.3) is 0 Å². The summed E-state index contributed by atoms with van der Waals surface area (Å²) >= 11 is 3.14. The molecule has 0 saturated heterocycles. The van der Waals surface area contributed by atoms with Crippen LogP contribution in [0.3, 0.4) is 0 Å².